The number of nitrogens with one attached hydrogen (secondary N) is 1. The lowest BCUT2D eigenvalue weighted by Crippen LogP contribution is -2.28. The van der Waals surface area contributed by atoms with E-state index >= 15 is 0 Å². The molecule has 2 aromatic rings. The molecule has 3 N–H and O–H groups in total. The number of benzene rings is 1. The van der Waals surface area contributed by atoms with E-state index in [0.29, 0.717) is 6.42 Å². The van der Waals surface area contributed by atoms with Gasteiger partial charge in [0.2, 0.25) is 10.0 Å². The summed E-state index contributed by atoms with van der Waals surface area (Å²) in [5, 5.41) is 3.49. The number of nitrogens with two attached hydrogens (primary N) is 1. The average Bonchev–Trinajstić information content (AvgIpc) is 3.02. The van der Waals surface area contributed by atoms with Gasteiger partial charge in [0.15, 0.2) is 16.5 Å². The van der Waals surface area contributed by atoms with Crippen molar-refractivity contribution in [3.63, 3.8) is 0 Å². The molecular weight excluding hydrogens is 306 g/mol. The van der Waals surface area contributed by atoms with Gasteiger partial charge in [0.05, 0.1) is 7.11 Å². The molecule has 0 radical (unpaired) electrons. The Morgan fingerprint density at radius 1 is 1.45 bits per heavy atom. The Bertz CT molecular complexity index is 794. The molecule has 22 heavy (non-hydrogen) atoms. The van der Waals surface area contributed by atoms with E-state index in [0.717, 1.165) is 23.3 Å². The molecule has 0 aliphatic heterocycles. The molecule has 0 bridgehead atoms. The third kappa shape index (κ3) is 2.34. The van der Waals surface area contributed by atoms with Crippen LogP contribution < -0.4 is 15.2 Å². The highest BCUT2D eigenvalue weighted by Crippen LogP contribution is 2.38. The maximum absolute atomic E-state index is 12.5. The van der Waals surface area contributed by atoms with Crippen LogP contribution in [-0.2, 0) is 16.4 Å². The standard InChI is InChI=1S/C14H17N3O4S/c1-8-13(14(15)16-21-8)22(18,19)17-11-7-6-10-9(11)4-3-5-12(10)20-2/h3-5,11,17H,6-7H2,1-2H3,(H2,15,16). The van der Waals surface area contributed by atoms with Crippen LogP contribution in [0.5, 0.6) is 5.75 Å². The Kier molecular flexibility index (Phi) is 3.57. The van der Waals surface area contributed by atoms with Crippen molar-refractivity contribution in [2.45, 2.75) is 30.7 Å². The molecule has 8 heteroatoms. The lowest BCUT2D eigenvalue weighted by Gasteiger charge is -2.14. The molecular formula is C14H17N3O4S. The fourth-order valence-electron chi connectivity index (χ4n) is 2.89. The van der Waals surface area contributed by atoms with Crippen LogP contribution in [-0.4, -0.2) is 20.7 Å². The Balaban J connectivity index is 1.94. The van der Waals surface area contributed by atoms with Gasteiger partial charge >= 0.3 is 0 Å². The summed E-state index contributed by atoms with van der Waals surface area (Å²) >= 11 is 0. The normalized spacial score (nSPS) is 17.5. The third-order valence-corrected chi connectivity index (χ3v) is 5.48. The second-order valence-corrected chi connectivity index (χ2v) is 6.84. The predicted molar refractivity (Wildman–Crippen MR) is 80.0 cm³/mol. The second kappa shape index (κ2) is 5.29. The molecule has 0 amide bonds. The van der Waals surface area contributed by atoms with E-state index in [1.807, 2.05) is 18.2 Å². The predicted octanol–water partition coefficient (Wildman–Crippen LogP) is 1.54. The summed E-state index contributed by atoms with van der Waals surface area (Å²) in [6.07, 6.45) is 1.42. The number of sulfonamides is 1. The maximum Gasteiger partial charge on any atom is 0.248 e. The molecule has 0 fully saturated rings. The summed E-state index contributed by atoms with van der Waals surface area (Å²) in [6.45, 7) is 1.52. The zero-order valence-corrected chi connectivity index (χ0v) is 13.1. The first kappa shape index (κ1) is 14.9. The van der Waals surface area contributed by atoms with Crippen molar-refractivity contribution in [3.05, 3.63) is 35.1 Å². The molecule has 1 heterocycles. The van der Waals surface area contributed by atoms with Crippen LogP contribution in [0, 0.1) is 6.92 Å². The van der Waals surface area contributed by atoms with Crippen LogP contribution in [0.2, 0.25) is 0 Å². The Hall–Kier alpha value is -2.06. The molecule has 3 rings (SSSR count). The summed E-state index contributed by atoms with van der Waals surface area (Å²) in [5.41, 5.74) is 7.56. The van der Waals surface area contributed by atoms with Gasteiger partial charge in [-0.1, -0.05) is 17.3 Å². The molecule has 1 aliphatic carbocycles. The molecule has 1 aliphatic rings. The van der Waals surface area contributed by atoms with Gasteiger partial charge in [-0.2, -0.15) is 0 Å². The molecule has 1 atom stereocenters. The molecule has 0 saturated carbocycles. The van der Waals surface area contributed by atoms with Crippen molar-refractivity contribution in [3.8, 4) is 5.75 Å². The molecule has 1 unspecified atom stereocenters. The molecule has 0 saturated heterocycles. The maximum atomic E-state index is 12.5. The lowest BCUT2D eigenvalue weighted by molar-refractivity contribution is 0.396. The van der Waals surface area contributed by atoms with E-state index in [1.165, 1.54) is 6.92 Å². The number of rotatable bonds is 4. The van der Waals surface area contributed by atoms with Crippen molar-refractivity contribution in [2.75, 3.05) is 12.8 Å². The van der Waals surface area contributed by atoms with Crippen LogP contribution in [0.1, 0.15) is 29.3 Å². The van der Waals surface area contributed by atoms with Crippen molar-refractivity contribution in [2.24, 2.45) is 0 Å². The van der Waals surface area contributed by atoms with Crippen LogP contribution >= 0.6 is 0 Å². The van der Waals surface area contributed by atoms with Crippen molar-refractivity contribution in [1.29, 1.82) is 0 Å². The second-order valence-electron chi connectivity index (χ2n) is 5.19. The van der Waals surface area contributed by atoms with Gasteiger partial charge in [-0.25, -0.2) is 13.1 Å². The summed E-state index contributed by atoms with van der Waals surface area (Å²) in [6, 6.07) is 5.31. The van der Waals surface area contributed by atoms with Gasteiger partial charge in [-0.3, -0.25) is 0 Å². The fraction of sp³-hybridized carbons (Fsp3) is 0.357. The summed E-state index contributed by atoms with van der Waals surface area (Å²) in [5.74, 6) is 0.822. The first-order valence-corrected chi connectivity index (χ1v) is 8.32. The summed E-state index contributed by atoms with van der Waals surface area (Å²) in [7, 11) is -2.19. The van der Waals surface area contributed by atoms with Crippen molar-refractivity contribution < 1.29 is 17.7 Å². The number of ether oxygens (including phenoxy) is 1. The van der Waals surface area contributed by atoms with Gasteiger partial charge in [-0.15, -0.1) is 0 Å². The van der Waals surface area contributed by atoms with Crippen molar-refractivity contribution in [1.82, 2.24) is 9.88 Å². The highest BCUT2D eigenvalue weighted by atomic mass is 32.2. The summed E-state index contributed by atoms with van der Waals surface area (Å²) < 4.78 is 37.9. The third-order valence-electron chi connectivity index (χ3n) is 3.85. The van der Waals surface area contributed by atoms with Crippen LogP contribution in [0.15, 0.2) is 27.6 Å². The van der Waals surface area contributed by atoms with Gasteiger partial charge in [0.25, 0.3) is 0 Å². The quantitative estimate of drug-likeness (QED) is 0.883. The van der Waals surface area contributed by atoms with Crippen LogP contribution in [0.4, 0.5) is 5.82 Å². The minimum absolute atomic E-state index is 0.0937. The van der Waals surface area contributed by atoms with E-state index in [4.69, 9.17) is 15.0 Å². The lowest BCUT2D eigenvalue weighted by atomic mass is 10.1. The zero-order chi connectivity index (χ0) is 15.9. The van der Waals surface area contributed by atoms with Crippen molar-refractivity contribution >= 4 is 15.8 Å². The highest BCUT2D eigenvalue weighted by molar-refractivity contribution is 7.89. The SMILES string of the molecule is COc1cccc2c1CCC2NS(=O)(=O)c1c(N)noc1C. The van der Waals surface area contributed by atoms with Gasteiger partial charge < -0.3 is 15.0 Å². The van der Waals surface area contributed by atoms with E-state index in [9.17, 15) is 8.42 Å². The van der Waals surface area contributed by atoms with Crippen LogP contribution in [0.3, 0.4) is 0 Å². The number of nitrogens with zero attached hydrogens (tertiary/aromatic N) is 1. The Morgan fingerprint density at radius 3 is 2.86 bits per heavy atom. The minimum Gasteiger partial charge on any atom is -0.496 e. The van der Waals surface area contributed by atoms with Gasteiger partial charge in [-0.05, 0) is 37.0 Å². The molecule has 0 spiro atoms. The van der Waals surface area contributed by atoms with Gasteiger partial charge in [0.1, 0.15) is 5.75 Å². The number of anilines is 1. The monoisotopic (exact) mass is 323 g/mol. The fourth-order valence-corrected chi connectivity index (χ4v) is 4.35. The highest BCUT2D eigenvalue weighted by Gasteiger charge is 2.32. The van der Waals surface area contributed by atoms with E-state index in [2.05, 4.69) is 9.88 Å². The topological polar surface area (TPSA) is 107 Å². The average molecular weight is 323 g/mol. The first-order valence-electron chi connectivity index (χ1n) is 6.84. The Morgan fingerprint density at radius 2 is 2.23 bits per heavy atom. The van der Waals surface area contributed by atoms with E-state index < -0.39 is 10.0 Å². The zero-order valence-electron chi connectivity index (χ0n) is 12.3. The number of hydrogen-bond donors (Lipinski definition) is 2. The number of fused-ring (bicyclic) bond motifs is 1. The smallest absolute Gasteiger partial charge is 0.248 e. The number of hydrogen-bond acceptors (Lipinski definition) is 6. The number of aryl methyl sites for hydroxylation is 1. The first-order chi connectivity index (χ1) is 10.4. The minimum atomic E-state index is -3.80. The molecule has 1 aromatic heterocycles. The number of methoxy groups -OCH3 is 1. The van der Waals surface area contributed by atoms with E-state index in [-0.39, 0.29) is 22.5 Å². The van der Waals surface area contributed by atoms with Gasteiger partial charge in [0, 0.05) is 6.04 Å². The molecule has 7 nitrogen and oxygen atoms in total. The van der Waals surface area contributed by atoms with E-state index in [1.54, 1.807) is 7.11 Å². The number of nitrogen functional groups attached to an aromatic ring is 1. The molecule has 118 valence electrons. The largest absolute Gasteiger partial charge is 0.496 e. The number of aromatic nitrogens is 1. The Labute approximate surface area is 128 Å². The summed E-state index contributed by atoms with van der Waals surface area (Å²) in [4.78, 5) is -0.0937. The molecule has 1 aromatic carbocycles. The van der Waals surface area contributed by atoms with Crippen LogP contribution in [0.25, 0.3) is 0 Å².